The van der Waals surface area contributed by atoms with Crippen LogP contribution in [-0.4, -0.2) is 26.2 Å². The fourth-order valence-corrected chi connectivity index (χ4v) is 4.71. The lowest BCUT2D eigenvalue weighted by Gasteiger charge is -2.19. The van der Waals surface area contributed by atoms with Gasteiger partial charge in [-0.1, -0.05) is 36.1 Å². The number of hydrogen-bond donors (Lipinski definition) is 1. The third kappa shape index (κ3) is 4.40. The molecule has 3 rings (SSSR count). The van der Waals surface area contributed by atoms with Crippen molar-refractivity contribution in [3.63, 3.8) is 0 Å². The van der Waals surface area contributed by atoms with Gasteiger partial charge in [0.05, 0.1) is 4.91 Å². The van der Waals surface area contributed by atoms with Crippen LogP contribution in [-0.2, 0) is 17.9 Å². The van der Waals surface area contributed by atoms with E-state index in [1.165, 1.54) is 33.4 Å². The number of thioether (sulfide) groups is 1. The van der Waals surface area contributed by atoms with Gasteiger partial charge in [-0.2, -0.15) is 5.26 Å². The van der Waals surface area contributed by atoms with Gasteiger partial charge in [0.2, 0.25) is 0 Å². The summed E-state index contributed by atoms with van der Waals surface area (Å²) in [5, 5.41) is 12.8. The SMILES string of the molecule is CCN1C(=O)/C(=C\c2c(C)c(C#N)c(=O)n(CC)c2NCc2ccc(F)cc2)SC1=S. The number of anilines is 1. The van der Waals surface area contributed by atoms with Gasteiger partial charge in [0.15, 0.2) is 0 Å². The van der Waals surface area contributed by atoms with E-state index in [0.717, 1.165) is 5.56 Å². The van der Waals surface area contributed by atoms with E-state index in [1.807, 2.05) is 13.0 Å². The number of likely N-dealkylation sites (N-methyl/N-ethyl adjacent to an activating group) is 1. The third-order valence-electron chi connectivity index (χ3n) is 5.03. The fourth-order valence-electron chi connectivity index (χ4n) is 3.35. The van der Waals surface area contributed by atoms with Crippen LogP contribution in [0.15, 0.2) is 34.0 Å². The van der Waals surface area contributed by atoms with Gasteiger partial charge in [0.25, 0.3) is 11.5 Å². The first-order valence-electron chi connectivity index (χ1n) is 9.73. The summed E-state index contributed by atoms with van der Waals surface area (Å²) in [6.07, 6.45) is 1.68. The molecule has 0 radical (unpaired) electrons. The molecule has 0 bridgehead atoms. The summed E-state index contributed by atoms with van der Waals surface area (Å²) < 4.78 is 15.2. The molecule has 0 unspecified atom stereocenters. The van der Waals surface area contributed by atoms with Crippen LogP contribution in [0.4, 0.5) is 10.2 Å². The number of carbonyl (C=O) groups excluding carboxylic acids is 1. The van der Waals surface area contributed by atoms with Crippen molar-refractivity contribution in [2.45, 2.75) is 33.9 Å². The van der Waals surface area contributed by atoms with E-state index < -0.39 is 5.56 Å². The highest BCUT2D eigenvalue weighted by molar-refractivity contribution is 8.26. The second-order valence-electron chi connectivity index (χ2n) is 6.83. The van der Waals surface area contributed by atoms with Crippen LogP contribution < -0.4 is 10.9 Å². The molecule has 31 heavy (non-hydrogen) atoms. The third-order valence-corrected chi connectivity index (χ3v) is 6.41. The molecule has 0 spiro atoms. The molecule has 0 aliphatic carbocycles. The van der Waals surface area contributed by atoms with E-state index in [0.29, 0.717) is 45.8 Å². The molecule has 1 amide bonds. The number of carbonyl (C=O) groups is 1. The Hall–Kier alpha value is -2.96. The molecular formula is C22H21FN4O2S2. The summed E-state index contributed by atoms with van der Waals surface area (Å²) in [7, 11) is 0. The molecule has 1 aromatic carbocycles. The Morgan fingerprint density at radius 1 is 1.23 bits per heavy atom. The van der Waals surface area contributed by atoms with Gasteiger partial charge in [0.1, 0.15) is 27.6 Å². The summed E-state index contributed by atoms with van der Waals surface area (Å²) in [6.45, 7) is 6.48. The minimum absolute atomic E-state index is 0.0337. The summed E-state index contributed by atoms with van der Waals surface area (Å²) in [5.41, 5.74) is 1.52. The number of aromatic nitrogens is 1. The van der Waals surface area contributed by atoms with Crippen molar-refractivity contribution in [2.75, 3.05) is 11.9 Å². The molecular weight excluding hydrogens is 435 g/mol. The van der Waals surface area contributed by atoms with Gasteiger partial charge in [-0.15, -0.1) is 0 Å². The summed E-state index contributed by atoms with van der Waals surface area (Å²) in [6, 6.07) is 8.03. The molecule has 1 aromatic heterocycles. The maximum absolute atomic E-state index is 13.2. The Kier molecular flexibility index (Phi) is 6.93. The predicted molar refractivity (Wildman–Crippen MR) is 125 cm³/mol. The molecule has 9 heteroatoms. The number of rotatable bonds is 6. The Bertz CT molecular complexity index is 1180. The normalized spacial score (nSPS) is 14.9. The molecule has 0 atom stereocenters. The molecule has 160 valence electrons. The lowest BCUT2D eigenvalue weighted by molar-refractivity contribution is -0.121. The van der Waals surface area contributed by atoms with Crippen molar-refractivity contribution in [1.29, 1.82) is 5.26 Å². The topological polar surface area (TPSA) is 78.1 Å². The average Bonchev–Trinajstić information content (AvgIpc) is 3.02. The van der Waals surface area contributed by atoms with Crippen molar-refractivity contribution in [2.24, 2.45) is 0 Å². The molecule has 2 heterocycles. The van der Waals surface area contributed by atoms with Crippen LogP contribution in [0.25, 0.3) is 6.08 Å². The predicted octanol–water partition coefficient (Wildman–Crippen LogP) is 4.02. The van der Waals surface area contributed by atoms with E-state index in [-0.39, 0.29) is 17.3 Å². The minimum atomic E-state index is -0.401. The number of hydrogen-bond acceptors (Lipinski definition) is 6. The van der Waals surface area contributed by atoms with Gasteiger partial charge in [-0.05, 0) is 50.1 Å². The van der Waals surface area contributed by atoms with Crippen LogP contribution >= 0.6 is 24.0 Å². The minimum Gasteiger partial charge on any atom is -0.367 e. The molecule has 1 N–H and O–H groups in total. The number of nitriles is 1. The Labute approximate surface area is 189 Å². The average molecular weight is 457 g/mol. The molecule has 1 aliphatic rings. The fraction of sp³-hybridized carbons (Fsp3) is 0.273. The Balaban J connectivity index is 2.14. The largest absolute Gasteiger partial charge is 0.367 e. The summed E-state index contributed by atoms with van der Waals surface area (Å²) in [4.78, 5) is 27.5. The molecule has 1 fully saturated rings. The Morgan fingerprint density at radius 2 is 1.90 bits per heavy atom. The number of pyridine rings is 1. The molecule has 1 saturated heterocycles. The van der Waals surface area contributed by atoms with Crippen LogP contribution in [0.2, 0.25) is 0 Å². The standard InChI is InChI=1S/C22H21FN4O2S2/c1-4-26-19(25-12-14-6-8-15(23)9-7-14)16(13(3)17(11-24)20(26)28)10-18-21(29)27(5-2)22(30)31-18/h6-10,25H,4-5,12H2,1-3H3/b18-10+. The van der Waals surface area contributed by atoms with Crippen molar-refractivity contribution < 1.29 is 9.18 Å². The lowest BCUT2D eigenvalue weighted by Crippen LogP contribution is -2.28. The molecule has 0 saturated carbocycles. The quantitative estimate of drug-likeness (QED) is 0.523. The van der Waals surface area contributed by atoms with Crippen LogP contribution in [0.5, 0.6) is 0 Å². The van der Waals surface area contributed by atoms with Gasteiger partial charge >= 0.3 is 0 Å². The van der Waals surface area contributed by atoms with Crippen LogP contribution in [0.3, 0.4) is 0 Å². The van der Waals surface area contributed by atoms with Gasteiger partial charge in [0, 0.05) is 25.2 Å². The molecule has 2 aromatic rings. The molecule has 1 aliphatic heterocycles. The van der Waals surface area contributed by atoms with Gasteiger partial charge in [-0.3, -0.25) is 19.1 Å². The number of nitrogens with one attached hydrogen (secondary N) is 1. The first kappa shape index (κ1) is 22.7. The van der Waals surface area contributed by atoms with Crippen molar-refractivity contribution in [3.05, 3.63) is 67.6 Å². The number of amides is 1. The number of thiocarbonyl (C=S) groups is 1. The highest BCUT2D eigenvalue weighted by Crippen LogP contribution is 2.34. The van der Waals surface area contributed by atoms with E-state index in [1.54, 1.807) is 32.1 Å². The Morgan fingerprint density at radius 3 is 2.45 bits per heavy atom. The second-order valence-corrected chi connectivity index (χ2v) is 8.51. The monoisotopic (exact) mass is 456 g/mol. The number of benzene rings is 1. The van der Waals surface area contributed by atoms with Crippen molar-refractivity contribution in [1.82, 2.24) is 9.47 Å². The maximum atomic E-state index is 13.2. The summed E-state index contributed by atoms with van der Waals surface area (Å²) >= 11 is 6.49. The van der Waals surface area contributed by atoms with E-state index in [9.17, 15) is 19.2 Å². The van der Waals surface area contributed by atoms with E-state index in [2.05, 4.69) is 5.32 Å². The van der Waals surface area contributed by atoms with Crippen molar-refractivity contribution in [3.8, 4) is 6.07 Å². The van der Waals surface area contributed by atoms with Crippen LogP contribution in [0.1, 0.15) is 36.1 Å². The lowest BCUT2D eigenvalue weighted by atomic mass is 10.0. The van der Waals surface area contributed by atoms with Gasteiger partial charge in [-0.25, -0.2) is 4.39 Å². The van der Waals surface area contributed by atoms with E-state index in [4.69, 9.17) is 12.2 Å². The van der Waals surface area contributed by atoms with Crippen LogP contribution in [0, 0.1) is 24.1 Å². The van der Waals surface area contributed by atoms with E-state index >= 15 is 0 Å². The highest BCUT2D eigenvalue weighted by Gasteiger charge is 2.31. The van der Waals surface area contributed by atoms with Gasteiger partial charge < -0.3 is 5.32 Å². The first-order chi connectivity index (χ1) is 14.8. The zero-order valence-electron chi connectivity index (χ0n) is 17.4. The maximum Gasteiger partial charge on any atom is 0.270 e. The highest BCUT2D eigenvalue weighted by atomic mass is 32.2. The zero-order valence-corrected chi connectivity index (χ0v) is 19.0. The first-order valence-corrected chi connectivity index (χ1v) is 11.0. The van der Waals surface area contributed by atoms with Crippen molar-refractivity contribution >= 4 is 46.1 Å². The smallest absolute Gasteiger partial charge is 0.270 e. The zero-order chi connectivity index (χ0) is 22.7. The number of halogens is 1. The molecule has 6 nitrogen and oxygen atoms in total. The number of nitrogens with zero attached hydrogens (tertiary/aromatic N) is 3. The second kappa shape index (κ2) is 9.45. The summed E-state index contributed by atoms with van der Waals surface area (Å²) in [5.74, 6) is -0.0358.